The van der Waals surface area contributed by atoms with Gasteiger partial charge in [-0.1, -0.05) is 30.0 Å². The number of carbonyl (C=O) groups excluding carboxylic acids is 1. The first-order valence-electron chi connectivity index (χ1n) is 8.99. The number of aromatic nitrogens is 3. The lowest BCUT2D eigenvalue weighted by Crippen LogP contribution is -2.15. The van der Waals surface area contributed by atoms with E-state index in [4.69, 9.17) is 4.74 Å². The summed E-state index contributed by atoms with van der Waals surface area (Å²) in [6.07, 6.45) is 0. The number of aryl methyl sites for hydroxylation is 1. The molecule has 1 aromatic heterocycles. The molecule has 8 heteroatoms. The topological polar surface area (TPSA) is 72.3 Å². The molecule has 4 rings (SSSR count). The number of thioether (sulfide) groups is 1. The van der Waals surface area contributed by atoms with Crippen molar-refractivity contribution in [2.24, 2.45) is 0 Å². The highest BCUT2D eigenvalue weighted by atomic mass is 32.2. The monoisotopic (exact) mass is 395 g/mol. The van der Waals surface area contributed by atoms with Gasteiger partial charge in [-0.25, -0.2) is 0 Å². The highest BCUT2D eigenvalue weighted by Crippen LogP contribution is 2.32. The van der Waals surface area contributed by atoms with Gasteiger partial charge >= 0.3 is 0 Å². The van der Waals surface area contributed by atoms with Crippen molar-refractivity contribution in [3.8, 4) is 5.75 Å². The Kier molecular flexibility index (Phi) is 5.21. The Morgan fingerprint density at radius 3 is 2.68 bits per heavy atom. The fraction of sp³-hybridized carbons (Fsp3) is 0.250. The molecule has 144 valence electrons. The van der Waals surface area contributed by atoms with Crippen LogP contribution >= 0.6 is 11.8 Å². The van der Waals surface area contributed by atoms with Crippen molar-refractivity contribution < 1.29 is 9.53 Å². The number of nitrogens with zero attached hydrogens (tertiary/aromatic N) is 4. The number of amides is 1. The fourth-order valence-corrected chi connectivity index (χ4v) is 3.88. The van der Waals surface area contributed by atoms with Crippen LogP contribution in [0.3, 0.4) is 0 Å². The minimum atomic E-state index is -0.0540. The molecular weight excluding hydrogens is 374 g/mol. The van der Waals surface area contributed by atoms with Gasteiger partial charge in [-0.15, -0.1) is 10.2 Å². The van der Waals surface area contributed by atoms with Gasteiger partial charge in [0.25, 0.3) is 0 Å². The number of rotatable bonds is 6. The number of hydrogen-bond acceptors (Lipinski definition) is 6. The molecule has 1 aliphatic heterocycles. The maximum absolute atomic E-state index is 12.3. The normalized spacial score (nSPS) is 12.7. The summed E-state index contributed by atoms with van der Waals surface area (Å²) in [5, 5.41) is 12.3. The Balaban J connectivity index is 1.41. The van der Waals surface area contributed by atoms with Crippen LogP contribution in [-0.2, 0) is 11.3 Å². The zero-order valence-electron chi connectivity index (χ0n) is 15.8. The SMILES string of the molecule is COc1ccc(N2CCn3c(SCC(=O)Nc4ccccc4C)nnc32)cc1. The van der Waals surface area contributed by atoms with Gasteiger partial charge in [0.1, 0.15) is 5.75 Å². The average molecular weight is 395 g/mol. The molecule has 0 radical (unpaired) electrons. The van der Waals surface area contributed by atoms with Crippen molar-refractivity contribution in [1.82, 2.24) is 14.8 Å². The fourth-order valence-electron chi connectivity index (χ4n) is 3.12. The van der Waals surface area contributed by atoms with E-state index in [0.29, 0.717) is 0 Å². The maximum Gasteiger partial charge on any atom is 0.234 e. The van der Waals surface area contributed by atoms with Gasteiger partial charge in [-0.3, -0.25) is 9.36 Å². The molecular formula is C20H21N5O2S. The lowest BCUT2D eigenvalue weighted by atomic mass is 10.2. The lowest BCUT2D eigenvalue weighted by Gasteiger charge is -2.15. The molecule has 0 saturated carbocycles. The Labute approximate surface area is 167 Å². The van der Waals surface area contributed by atoms with Crippen LogP contribution in [0.25, 0.3) is 0 Å². The molecule has 0 unspecified atom stereocenters. The molecule has 1 aliphatic rings. The van der Waals surface area contributed by atoms with E-state index in [9.17, 15) is 4.79 Å². The van der Waals surface area contributed by atoms with Gasteiger partial charge in [-0.05, 0) is 42.8 Å². The number of benzene rings is 2. The first-order chi connectivity index (χ1) is 13.7. The minimum Gasteiger partial charge on any atom is -0.497 e. The third-order valence-electron chi connectivity index (χ3n) is 4.62. The third-order valence-corrected chi connectivity index (χ3v) is 5.59. The van der Waals surface area contributed by atoms with Gasteiger partial charge in [-0.2, -0.15) is 0 Å². The highest BCUT2D eigenvalue weighted by molar-refractivity contribution is 7.99. The second-order valence-electron chi connectivity index (χ2n) is 6.44. The van der Waals surface area contributed by atoms with Crippen molar-refractivity contribution >= 4 is 35.0 Å². The molecule has 0 fully saturated rings. The van der Waals surface area contributed by atoms with Gasteiger partial charge in [0.15, 0.2) is 5.16 Å². The second kappa shape index (κ2) is 7.93. The highest BCUT2D eigenvalue weighted by Gasteiger charge is 2.26. The third kappa shape index (κ3) is 3.68. The van der Waals surface area contributed by atoms with Crippen molar-refractivity contribution in [2.45, 2.75) is 18.6 Å². The van der Waals surface area contributed by atoms with Crippen molar-refractivity contribution in [3.63, 3.8) is 0 Å². The van der Waals surface area contributed by atoms with Gasteiger partial charge < -0.3 is 15.0 Å². The quantitative estimate of drug-likeness (QED) is 0.645. The second-order valence-corrected chi connectivity index (χ2v) is 7.38. The maximum atomic E-state index is 12.3. The van der Waals surface area contributed by atoms with E-state index in [1.54, 1.807) is 7.11 Å². The summed E-state index contributed by atoms with van der Waals surface area (Å²) < 4.78 is 7.27. The zero-order chi connectivity index (χ0) is 19.5. The number of hydrogen-bond donors (Lipinski definition) is 1. The Hall–Kier alpha value is -3.00. The summed E-state index contributed by atoms with van der Waals surface area (Å²) in [6, 6.07) is 15.6. The predicted molar refractivity (Wildman–Crippen MR) is 111 cm³/mol. The zero-order valence-corrected chi connectivity index (χ0v) is 16.6. The molecule has 2 aromatic carbocycles. The van der Waals surface area contributed by atoms with E-state index in [0.717, 1.165) is 46.9 Å². The number of nitrogens with one attached hydrogen (secondary N) is 1. The molecule has 0 spiro atoms. The number of carbonyl (C=O) groups is 1. The summed E-state index contributed by atoms with van der Waals surface area (Å²) in [5.41, 5.74) is 2.92. The van der Waals surface area contributed by atoms with Crippen LogP contribution < -0.4 is 15.0 Å². The van der Waals surface area contributed by atoms with Gasteiger partial charge in [0, 0.05) is 24.5 Å². The van der Waals surface area contributed by atoms with E-state index in [2.05, 4.69) is 25.0 Å². The molecule has 3 aromatic rings. The van der Waals surface area contributed by atoms with E-state index < -0.39 is 0 Å². The van der Waals surface area contributed by atoms with Crippen LogP contribution in [0, 0.1) is 6.92 Å². The minimum absolute atomic E-state index is 0.0540. The van der Waals surface area contributed by atoms with Crippen LogP contribution in [0.5, 0.6) is 5.75 Å². The molecule has 28 heavy (non-hydrogen) atoms. The van der Waals surface area contributed by atoms with E-state index in [1.807, 2.05) is 55.5 Å². The smallest absolute Gasteiger partial charge is 0.234 e. The van der Waals surface area contributed by atoms with Crippen molar-refractivity contribution in [3.05, 3.63) is 54.1 Å². The Bertz CT molecular complexity index is 987. The standard InChI is InChI=1S/C20H21N5O2S/c1-14-5-3-4-6-17(14)21-18(26)13-28-20-23-22-19-24(11-12-25(19)20)15-7-9-16(27-2)10-8-15/h3-10H,11-13H2,1-2H3,(H,21,26). The number of fused-ring (bicyclic) bond motifs is 1. The molecule has 0 aliphatic carbocycles. The van der Waals surface area contributed by atoms with Crippen molar-refractivity contribution in [2.75, 3.05) is 29.6 Å². The van der Waals surface area contributed by atoms with Crippen LogP contribution in [-0.4, -0.2) is 40.1 Å². The first-order valence-corrected chi connectivity index (χ1v) is 9.97. The summed E-state index contributed by atoms with van der Waals surface area (Å²) in [5.74, 6) is 1.85. The molecule has 1 amide bonds. The molecule has 0 saturated heterocycles. The van der Waals surface area contributed by atoms with Crippen LogP contribution in [0.4, 0.5) is 17.3 Å². The van der Waals surface area contributed by atoms with Crippen LogP contribution in [0.1, 0.15) is 5.56 Å². The Morgan fingerprint density at radius 2 is 1.93 bits per heavy atom. The molecule has 1 N–H and O–H groups in total. The van der Waals surface area contributed by atoms with Crippen LogP contribution in [0.15, 0.2) is 53.7 Å². The van der Waals surface area contributed by atoms with E-state index in [1.165, 1.54) is 11.8 Å². The lowest BCUT2D eigenvalue weighted by molar-refractivity contribution is -0.113. The van der Waals surface area contributed by atoms with Gasteiger partial charge in [0.2, 0.25) is 11.9 Å². The van der Waals surface area contributed by atoms with E-state index in [-0.39, 0.29) is 11.7 Å². The van der Waals surface area contributed by atoms with Crippen molar-refractivity contribution in [1.29, 1.82) is 0 Å². The summed E-state index contributed by atoms with van der Waals surface area (Å²) >= 11 is 1.40. The van der Waals surface area contributed by atoms with Gasteiger partial charge in [0.05, 0.1) is 12.9 Å². The molecule has 7 nitrogen and oxygen atoms in total. The largest absolute Gasteiger partial charge is 0.497 e. The van der Waals surface area contributed by atoms with Crippen LogP contribution in [0.2, 0.25) is 0 Å². The predicted octanol–water partition coefficient (Wildman–Crippen LogP) is 3.48. The molecule has 0 bridgehead atoms. The molecule has 0 atom stereocenters. The summed E-state index contributed by atoms with van der Waals surface area (Å²) in [4.78, 5) is 14.4. The average Bonchev–Trinajstić information content (AvgIpc) is 3.31. The summed E-state index contributed by atoms with van der Waals surface area (Å²) in [7, 11) is 1.65. The molecule has 2 heterocycles. The van der Waals surface area contributed by atoms with E-state index >= 15 is 0 Å². The number of methoxy groups -OCH3 is 1. The number of para-hydroxylation sites is 1. The number of anilines is 3. The first kappa shape index (κ1) is 18.4. The Morgan fingerprint density at radius 1 is 1.14 bits per heavy atom. The number of ether oxygens (including phenoxy) is 1. The summed E-state index contributed by atoms with van der Waals surface area (Å²) in [6.45, 7) is 3.58.